The van der Waals surface area contributed by atoms with Gasteiger partial charge >= 0.3 is 5.97 Å². The summed E-state index contributed by atoms with van der Waals surface area (Å²) in [6, 6.07) is 42.0. The van der Waals surface area contributed by atoms with Gasteiger partial charge in [0, 0.05) is 18.1 Å². The maximum atomic E-state index is 13.9. The van der Waals surface area contributed by atoms with Crippen LogP contribution in [0.25, 0.3) is 0 Å². The van der Waals surface area contributed by atoms with Crippen molar-refractivity contribution in [3.05, 3.63) is 146 Å². The second kappa shape index (κ2) is 20.2. The summed E-state index contributed by atoms with van der Waals surface area (Å²) in [5, 5.41) is 4.18. The van der Waals surface area contributed by atoms with Gasteiger partial charge in [0.05, 0.1) is 0 Å². The van der Waals surface area contributed by atoms with E-state index in [0.717, 1.165) is 22.2 Å². The van der Waals surface area contributed by atoms with Gasteiger partial charge in [-0.15, -0.1) is 6.58 Å². The first kappa shape index (κ1) is 46.5. The fourth-order valence-electron chi connectivity index (χ4n) is 8.36. The van der Waals surface area contributed by atoms with E-state index in [9.17, 15) is 9.59 Å². The molecular formula is C51H68O5Si2. The molecule has 0 saturated heterocycles. The van der Waals surface area contributed by atoms with Gasteiger partial charge in [0.1, 0.15) is 18.5 Å². The summed E-state index contributed by atoms with van der Waals surface area (Å²) in [5.41, 5.74) is 0.728. The first-order valence-electron chi connectivity index (χ1n) is 21.0. The first-order chi connectivity index (χ1) is 27.4. The molecule has 58 heavy (non-hydrogen) atoms. The number of aldehydes is 1. The highest BCUT2D eigenvalue weighted by Gasteiger charge is 2.53. The van der Waals surface area contributed by atoms with Gasteiger partial charge in [-0.25, -0.2) is 4.79 Å². The van der Waals surface area contributed by atoms with Crippen molar-refractivity contribution >= 4 is 49.6 Å². The molecular weight excluding hydrogens is 749 g/mol. The van der Waals surface area contributed by atoms with E-state index in [1.807, 2.05) is 56.3 Å². The molecule has 0 spiro atoms. The summed E-state index contributed by atoms with van der Waals surface area (Å²) in [4.78, 5) is 26.9. The van der Waals surface area contributed by atoms with Crippen LogP contribution in [0.4, 0.5) is 0 Å². The molecule has 0 aliphatic heterocycles. The van der Waals surface area contributed by atoms with E-state index in [1.165, 1.54) is 10.4 Å². The van der Waals surface area contributed by atoms with Crippen molar-refractivity contribution in [1.29, 1.82) is 0 Å². The van der Waals surface area contributed by atoms with E-state index < -0.39 is 28.7 Å². The van der Waals surface area contributed by atoms with Crippen molar-refractivity contribution < 1.29 is 23.2 Å². The average molecular weight is 817 g/mol. The lowest BCUT2D eigenvalue weighted by molar-refractivity contribution is -0.147. The molecule has 0 heterocycles. The molecule has 0 aliphatic carbocycles. The number of hydrogen-bond donors (Lipinski definition) is 0. The van der Waals surface area contributed by atoms with Crippen LogP contribution in [-0.4, -0.2) is 47.2 Å². The van der Waals surface area contributed by atoms with Crippen LogP contribution < -0.4 is 20.7 Å². The Labute approximate surface area is 352 Å². The van der Waals surface area contributed by atoms with E-state index >= 15 is 0 Å². The van der Waals surface area contributed by atoms with Gasteiger partial charge in [-0.1, -0.05) is 195 Å². The topological polar surface area (TPSA) is 61.8 Å². The molecule has 310 valence electrons. The summed E-state index contributed by atoms with van der Waals surface area (Å²) in [7, 11) is -5.82. The second-order valence-electron chi connectivity index (χ2n) is 18.2. The minimum absolute atomic E-state index is 0.0382. The van der Waals surface area contributed by atoms with E-state index in [4.69, 9.17) is 13.6 Å². The standard InChI is InChI=1S/C51H68O5Si2/c1-13-26-38(2)47(35-40(4)42(6)55-57(50(7,8)9,43-27-18-14-19-28-43)44-29-20-15-21-30-44)54-49(53)36-39(3)41(5)48(37-52)56-58(51(10,11)12,45-31-22-16-23-32-45)46-33-24-17-25-34-46/h13-25,27-34,36-38,40-42,47-48H,1,26,35H2,2-12H3/b39-36-/t38-,40-,41+,42-,47+,48-/m0/s1. The summed E-state index contributed by atoms with van der Waals surface area (Å²) in [5.74, 6) is -0.700. The molecule has 0 unspecified atom stereocenters. The third-order valence-corrected chi connectivity index (χ3v) is 22.2. The fraction of sp³-hybridized carbons (Fsp3) is 0.412. The van der Waals surface area contributed by atoms with Gasteiger partial charge in [-0.2, -0.15) is 0 Å². The lowest BCUT2D eigenvalue weighted by atomic mass is 9.90. The molecule has 0 aliphatic rings. The molecule has 4 rings (SSSR count). The molecule has 0 aromatic heterocycles. The Balaban J connectivity index is 1.60. The zero-order valence-corrected chi connectivity index (χ0v) is 38.9. The molecule has 0 saturated carbocycles. The molecule has 0 bridgehead atoms. The van der Waals surface area contributed by atoms with Crippen LogP contribution >= 0.6 is 0 Å². The van der Waals surface area contributed by atoms with Gasteiger partial charge in [0.15, 0.2) is 0 Å². The molecule has 0 amide bonds. The Morgan fingerprint density at radius 3 is 1.36 bits per heavy atom. The minimum atomic E-state index is -3.03. The number of allylic oxidation sites excluding steroid dienone is 1. The zero-order valence-electron chi connectivity index (χ0n) is 36.9. The molecule has 5 nitrogen and oxygen atoms in total. The number of benzene rings is 4. The minimum Gasteiger partial charge on any atom is -0.459 e. The predicted molar refractivity (Wildman–Crippen MR) is 247 cm³/mol. The maximum Gasteiger partial charge on any atom is 0.330 e. The number of esters is 1. The molecule has 0 radical (unpaired) electrons. The summed E-state index contributed by atoms with van der Waals surface area (Å²) < 4.78 is 21.0. The third-order valence-electron chi connectivity index (χ3n) is 12.0. The molecule has 6 atom stereocenters. The first-order valence-corrected chi connectivity index (χ1v) is 24.8. The Morgan fingerprint density at radius 1 is 0.638 bits per heavy atom. The van der Waals surface area contributed by atoms with E-state index in [0.29, 0.717) is 12.8 Å². The summed E-state index contributed by atoms with van der Waals surface area (Å²) >= 11 is 0. The van der Waals surface area contributed by atoms with Crippen LogP contribution in [0.2, 0.25) is 10.1 Å². The van der Waals surface area contributed by atoms with Crippen LogP contribution in [0, 0.1) is 17.8 Å². The Morgan fingerprint density at radius 2 is 1.02 bits per heavy atom. The maximum absolute atomic E-state index is 13.9. The zero-order chi connectivity index (χ0) is 42.7. The van der Waals surface area contributed by atoms with Crippen LogP contribution in [0.3, 0.4) is 0 Å². The SMILES string of the molecule is C=CC[C@H](C)[C@@H](C[C@H](C)[C@H](C)O[Si](c1ccccc1)(c1ccccc1)C(C)(C)C)OC(=O)/C=C(/C)[C@@H](C)[C@H](C=O)O[Si](c1ccccc1)(c1ccccc1)C(C)(C)C. The van der Waals surface area contributed by atoms with Crippen LogP contribution in [0.15, 0.2) is 146 Å². The summed E-state index contributed by atoms with van der Waals surface area (Å²) in [6.45, 7) is 27.8. The number of ether oxygens (including phenoxy) is 1. The molecule has 4 aromatic rings. The molecule has 0 N–H and O–H groups in total. The molecule has 0 fully saturated rings. The van der Waals surface area contributed by atoms with Crippen molar-refractivity contribution in [3.8, 4) is 0 Å². The van der Waals surface area contributed by atoms with Crippen LogP contribution in [-0.2, 0) is 23.2 Å². The Hall–Kier alpha value is -4.15. The Kier molecular flexibility index (Phi) is 16.2. The number of rotatable bonds is 19. The lowest BCUT2D eigenvalue weighted by Gasteiger charge is -2.46. The third kappa shape index (κ3) is 10.5. The van der Waals surface area contributed by atoms with E-state index in [-0.39, 0.29) is 40.0 Å². The highest BCUT2D eigenvalue weighted by atomic mass is 28.4. The number of carbonyl (C=O) groups excluding carboxylic acids is 2. The predicted octanol–water partition coefficient (Wildman–Crippen LogP) is 9.83. The summed E-state index contributed by atoms with van der Waals surface area (Å²) in [6.07, 6.45) is 4.37. The monoisotopic (exact) mass is 816 g/mol. The largest absolute Gasteiger partial charge is 0.459 e. The van der Waals surface area contributed by atoms with Gasteiger partial charge < -0.3 is 18.4 Å². The quantitative estimate of drug-likeness (QED) is 0.0310. The second-order valence-corrected chi connectivity index (χ2v) is 26.7. The van der Waals surface area contributed by atoms with Crippen molar-refractivity contribution in [2.24, 2.45) is 17.8 Å². The average Bonchev–Trinajstić information content (AvgIpc) is 3.20. The smallest absolute Gasteiger partial charge is 0.330 e. The van der Waals surface area contributed by atoms with Gasteiger partial charge in [0.25, 0.3) is 16.6 Å². The number of hydrogen-bond acceptors (Lipinski definition) is 5. The number of carbonyl (C=O) groups is 2. The van der Waals surface area contributed by atoms with Crippen molar-refractivity contribution in [2.75, 3.05) is 0 Å². The van der Waals surface area contributed by atoms with Gasteiger partial charge in [0.2, 0.25) is 0 Å². The van der Waals surface area contributed by atoms with Crippen molar-refractivity contribution in [1.82, 2.24) is 0 Å². The fourth-order valence-corrected chi connectivity index (χ4v) is 17.8. The highest BCUT2D eigenvalue weighted by Crippen LogP contribution is 2.40. The normalized spacial score (nSPS) is 16.0. The van der Waals surface area contributed by atoms with Crippen LogP contribution in [0.5, 0.6) is 0 Å². The van der Waals surface area contributed by atoms with Gasteiger partial charge in [-0.05, 0) is 69.3 Å². The van der Waals surface area contributed by atoms with Crippen molar-refractivity contribution in [3.63, 3.8) is 0 Å². The van der Waals surface area contributed by atoms with Crippen molar-refractivity contribution in [2.45, 2.75) is 117 Å². The van der Waals surface area contributed by atoms with E-state index in [2.05, 4.69) is 154 Å². The van der Waals surface area contributed by atoms with Crippen LogP contribution in [0.1, 0.15) is 89.0 Å². The molecule has 7 heteroatoms. The van der Waals surface area contributed by atoms with E-state index in [1.54, 1.807) is 6.08 Å². The molecule has 4 aromatic carbocycles. The van der Waals surface area contributed by atoms with Gasteiger partial charge in [-0.3, -0.25) is 0 Å². The Bertz CT molecular complexity index is 1840. The highest BCUT2D eigenvalue weighted by molar-refractivity contribution is 7.00. The lowest BCUT2D eigenvalue weighted by Crippen LogP contribution is -2.68.